The minimum absolute atomic E-state index is 0.299. The van der Waals surface area contributed by atoms with Gasteiger partial charge in [-0.3, -0.25) is 9.59 Å². The highest BCUT2D eigenvalue weighted by atomic mass is 19.1. The van der Waals surface area contributed by atoms with Gasteiger partial charge in [-0.25, -0.2) is 8.78 Å². The standard InChI is InChI=1S/C20H23F2NO4/c1-11(17(24)23-16-5-14(21)2-3-15(16)22)27-18(25)19-6-12-4-13(7-19)9-20(26,8-12)10-19/h2-3,5,11-13,26H,4,6-10H2,1H3,(H,23,24)/t11-,12-,13+,19?,20?/m1/s1. The van der Waals surface area contributed by atoms with Crippen LogP contribution in [-0.2, 0) is 14.3 Å². The summed E-state index contributed by atoms with van der Waals surface area (Å²) in [5.74, 6) is -2.03. The highest BCUT2D eigenvalue weighted by Gasteiger charge is 2.61. The van der Waals surface area contributed by atoms with E-state index in [2.05, 4.69) is 5.32 Å². The van der Waals surface area contributed by atoms with Gasteiger partial charge in [0.2, 0.25) is 0 Å². The van der Waals surface area contributed by atoms with Crippen molar-refractivity contribution < 1.29 is 28.2 Å². The predicted octanol–water partition coefficient (Wildman–Crippen LogP) is 3.17. The van der Waals surface area contributed by atoms with Crippen LogP contribution in [0.25, 0.3) is 0 Å². The molecule has 2 N–H and O–H groups in total. The molecule has 4 saturated carbocycles. The molecule has 0 heterocycles. The monoisotopic (exact) mass is 379 g/mol. The van der Waals surface area contributed by atoms with Crippen molar-refractivity contribution in [1.82, 2.24) is 0 Å². The largest absolute Gasteiger partial charge is 0.452 e. The Hall–Kier alpha value is -2.02. The number of nitrogens with one attached hydrogen (secondary N) is 1. The van der Waals surface area contributed by atoms with Crippen LogP contribution in [0, 0.1) is 28.9 Å². The fraction of sp³-hybridized carbons (Fsp3) is 0.600. The lowest BCUT2D eigenvalue weighted by atomic mass is 9.48. The van der Waals surface area contributed by atoms with Crippen LogP contribution in [0.5, 0.6) is 0 Å². The molecule has 7 heteroatoms. The van der Waals surface area contributed by atoms with Crippen LogP contribution in [0.1, 0.15) is 45.4 Å². The number of carbonyl (C=O) groups excluding carboxylic acids is 2. The number of hydrogen-bond donors (Lipinski definition) is 2. The first-order valence-electron chi connectivity index (χ1n) is 9.37. The molecule has 0 radical (unpaired) electrons. The van der Waals surface area contributed by atoms with Crippen molar-refractivity contribution in [3.8, 4) is 0 Å². The lowest BCUT2D eigenvalue weighted by Crippen LogP contribution is -2.59. The Morgan fingerprint density at radius 2 is 1.89 bits per heavy atom. The molecule has 146 valence electrons. The summed E-state index contributed by atoms with van der Waals surface area (Å²) >= 11 is 0. The third kappa shape index (κ3) is 3.33. The highest BCUT2D eigenvalue weighted by molar-refractivity contribution is 5.95. The molecule has 1 aromatic rings. The summed E-state index contributed by atoms with van der Waals surface area (Å²) in [7, 11) is 0. The van der Waals surface area contributed by atoms with Crippen LogP contribution < -0.4 is 5.32 Å². The second-order valence-corrected chi connectivity index (χ2v) is 8.63. The fourth-order valence-electron chi connectivity index (χ4n) is 5.62. The summed E-state index contributed by atoms with van der Waals surface area (Å²) in [6.45, 7) is 1.40. The number of hydrogen-bond acceptors (Lipinski definition) is 4. The van der Waals surface area contributed by atoms with Gasteiger partial charge in [-0.15, -0.1) is 0 Å². The summed E-state index contributed by atoms with van der Waals surface area (Å²) < 4.78 is 32.3. The molecule has 4 bridgehead atoms. The normalized spacial score (nSPS) is 35.0. The van der Waals surface area contributed by atoms with Crippen molar-refractivity contribution in [2.45, 2.75) is 57.2 Å². The number of benzene rings is 1. The number of rotatable bonds is 4. The van der Waals surface area contributed by atoms with Gasteiger partial charge in [0.05, 0.1) is 16.7 Å². The van der Waals surface area contributed by atoms with E-state index in [0.717, 1.165) is 37.5 Å². The molecule has 5 atom stereocenters. The maximum Gasteiger partial charge on any atom is 0.312 e. The van der Waals surface area contributed by atoms with Crippen molar-refractivity contribution >= 4 is 17.6 Å². The lowest BCUT2D eigenvalue weighted by Gasteiger charge is -2.58. The molecule has 1 aromatic carbocycles. The first-order valence-corrected chi connectivity index (χ1v) is 9.37. The zero-order chi connectivity index (χ0) is 19.4. The van der Waals surface area contributed by atoms with E-state index in [1.54, 1.807) is 0 Å². The minimum atomic E-state index is -1.15. The molecule has 4 aliphatic carbocycles. The van der Waals surface area contributed by atoms with Crippen LogP contribution >= 0.6 is 0 Å². The second kappa shape index (κ2) is 6.26. The van der Waals surface area contributed by atoms with Crippen molar-refractivity contribution in [2.24, 2.45) is 17.3 Å². The van der Waals surface area contributed by atoms with Gasteiger partial charge in [-0.05, 0) is 69.4 Å². The van der Waals surface area contributed by atoms with Gasteiger partial charge in [-0.1, -0.05) is 0 Å². The first-order chi connectivity index (χ1) is 12.7. The van der Waals surface area contributed by atoms with Gasteiger partial charge in [0.15, 0.2) is 6.10 Å². The van der Waals surface area contributed by atoms with Crippen molar-refractivity contribution in [2.75, 3.05) is 5.32 Å². The number of esters is 1. The van der Waals surface area contributed by atoms with Gasteiger partial charge in [-0.2, -0.15) is 0 Å². The molecular formula is C20H23F2NO4. The minimum Gasteiger partial charge on any atom is -0.452 e. The van der Waals surface area contributed by atoms with E-state index in [1.165, 1.54) is 6.92 Å². The summed E-state index contributed by atoms with van der Waals surface area (Å²) in [4.78, 5) is 25.2. The average Bonchev–Trinajstić information content (AvgIpc) is 2.55. The van der Waals surface area contributed by atoms with Gasteiger partial charge < -0.3 is 15.2 Å². The number of amides is 1. The quantitative estimate of drug-likeness (QED) is 0.788. The maximum absolute atomic E-state index is 13.7. The van der Waals surface area contributed by atoms with Crippen LogP contribution in [0.4, 0.5) is 14.5 Å². The van der Waals surface area contributed by atoms with E-state index in [9.17, 15) is 23.5 Å². The fourth-order valence-corrected chi connectivity index (χ4v) is 5.62. The number of aliphatic hydroxyl groups is 1. The van der Waals surface area contributed by atoms with Crippen LogP contribution in [0.3, 0.4) is 0 Å². The molecule has 27 heavy (non-hydrogen) atoms. The number of carbonyl (C=O) groups is 2. The SMILES string of the molecule is C[C@@H](OC(=O)C12C[C@@H]3C[C@@H](CC(O)(C3)C1)C2)C(=O)Nc1cc(F)ccc1F. The van der Waals surface area contributed by atoms with Gasteiger partial charge in [0.25, 0.3) is 5.91 Å². The predicted molar refractivity (Wildman–Crippen MR) is 92.6 cm³/mol. The smallest absolute Gasteiger partial charge is 0.312 e. The first kappa shape index (κ1) is 18.3. The molecule has 0 spiro atoms. The molecule has 5 rings (SSSR count). The number of halogens is 2. The maximum atomic E-state index is 13.7. The zero-order valence-electron chi connectivity index (χ0n) is 15.1. The van der Waals surface area contributed by atoms with Gasteiger partial charge >= 0.3 is 5.97 Å². The Bertz CT molecular complexity index is 782. The van der Waals surface area contributed by atoms with Crippen LogP contribution in [-0.4, -0.2) is 28.7 Å². The molecule has 0 aliphatic heterocycles. The molecule has 5 nitrogen and oxygen atoms in total. The summed E-state index contributed by atoms with van der Waals surface area (Å²) in [5.41, 5.74) is -1.84. The highest BCUT2D eigenvalue weighted by Crippen LogP contribution is 2.62. The van der Waals surface area contributed by atoms with Gasteiger partial charge in [0.1, 0.15) is 11.6 Å². The van der Waals surface area contributed by atoms with E-state index in [4.69, 9.17) is 4.74 Å². The Labute approximate surface area is 156 Å². The van der Waals surface area contributed by atoms with E-state index >= 15 is 0 Å². The average molecular weight is 379 g/mol. The van der Waals surface area contributed by atoms with E-state index in [1.807, 2.05) is 0 Å². The summed E-state index contributed by atoms with van der Waals surface area (Å²) in [6.07, 6.45) is 3.07. The van der Waals surface area contributed by atoms with Crippen molar-refractivity contribution in [3.63, 3.8) is 0 Å². The lowest BCUT2D eigenvalue weighted by molar-refractivity contribution is -0.199. The van der Waals surface area contributed by atoms with E-state index < -0.39 is 40.6 Å². The van der Waals surface area contributed by atoms with Crippen molar-refractivity contribution in [1.29, 1.82) is 0 Å². The zero-order valence-corrected chi connectivity index (χ0v) is 15.1. The third-order valence-electron chi connectivity index (χ3n) is 6.30. The van der Waals surface area contributed by atoms with E-state index in [-0.39, 0.29) is 5.69 Å². The number of ether oxygens (including phenoxy) is 1. The molecule has 4 fully saturated rings. The molecule has 1 amide bonds. The Morgan fingerprint density at radius 1 is 1.22 bits per heavy atom. The summed E-state index contributed by atoms with van der Waals surface area (Å²) in [5, 5.41) is 13.0. The van der Waals surface area contributed by atoms with Gasteiger partial charge in [0, 0.05) is 6.07 Å². The molecule has 0 aromatic heterocycles. The third-order valence-corrected chi connectivity index (χ3v) is 6.30. The van der Waals surface area contributed by atoms with Crippen molar-refractivity contribution in [3.05, 3.63) is 29.8 Å². The van der Waals surface area contributed by atoms with E-state index in [0.29, 0.717) is 31.1 Å². The second-order valence-electron chi connectivity index (χ2n) is 8.63. The molecule has 0 saturated heterocycles. The molecule has 4 aliphatic rings. The Kier molecular flexibility index (Phi) is 4.25. The Balaban J connectivity index is 1.43. The summed E-state index contributed by atoms with van der Waals surface area (Å²) in [6, 6.07) is 2.74. The molecular weight excluding hydrogens is 356 g/mol. The topological polar surface area (TPSA) is 75.6 Å². The van der Waals surface area contributed by atoms with Crippen LogP contribution in [0.2, 0.25) is 0 Å². The van der Waals surface area contributed by atoms with Crippen LogP contribution in [0.15, 0.2) is 18.2 Å². The molecule has 2 unspecified atom stereocenters. The Morgan fingerprint density at radius 3 is 2.52 bits per heavy atom. The number of anilines is 1.